The molecule has 0 aromatic heterocycles. The van der Waals surface area contributed by atoms with E-state index in [4.69, 9.17) is 0 Å². The van der Waals surface area contributed by atoms with Gasteiger partial charge in [-0.2, -0.15) is 0 Å². The summed E-state index contributed by atoms with van der Waals surface area (Å²) in [6, 6.07) is 61.3. The fourth-order valence-corrected chi connectivity index (χ4v) is 6.59. The molecule has 0 aliphatic carbocycles. The van der Waals surface area contributed by atoms with Crippen LogP contribution in [0.1, 0.15) is 77.9 Å². The second-order valence-electron chi connectivity index (χ2n) is 14.2. The molecule has 0 heterocycles. The fourth-order valence-electron chi connectivity index (χ4n) is 6.59. The van der Waals surface area contributed by atoms with Gasteiger partial charge in [0.25, 0.3) is 0 Å². The zero-order chi connectivity index (χ0) is 37.3. The molecule has 0 nitrogen and oxygen atoms in total. The smallest absolute Gasteiger partial charge is 0.0105 e. The van der Waals surface area contributed by atoms with Crippen molar-refractivity contribution in [1.29, 1.82) is 0 Å². The highest BCUT2D eigenvalue weighted by molar-refractivity contribution is 5.94. The van der Waals surface area contributed by atoms with E-state index in [-0.39, 0.29) is 0 Å². The minimum atomic E-state index is 1.16. The molecule has 7 aromatic carbocycles. The van der Waals surface area contributed by atoms with Gasteiger partial charge in [0, 0.05) is 0 Å². The Balaban J connectivity index is 1.13. The van der Waals surface area contributed by atoms with Gasteiger partial charge in [-0.3, -0.25) is 0 Å². The highest BCUT2D eigenvalue weighted by Crippen LogP contribution is 2.30. The van der Waals surface area contributed by atoms with Crippen LogP contribution in [0.2, 0.25) is 0 Å². The summed E-state index contributed by atoms with van der Waals surface area (Å²) in [5, 5.41) is 0. The molecule has 0 fully saturated rings. The maximum atomic E-state index is 2.32. The standard InChI is InChI=1S/C54H46/c1-39-13-27-47(28-14-39)53(48-29-15-40(2)16-30-48)37-51-11-7-5-9-45(51)35-25-43-21-23-44(24-22-43)26-36-46-10-6-8-12-52(46)38-54(49-31-17-41(3)18-32-49)50-33-19-42(4)20-34-50/h5-38H,1-4H3. The van der Waals surface area contributed by atoms with Crippen molar-refractivity contribution in [2.75, 3.05) is 0 Å². The lowest BCUT2D eigenvalue weighted by Gasteiger charge is -2.11. The first-order valence-electron chi connectivity index (χ1n) is 18.7. The lowest BCUT2D eigenvalue weighted by Crippen LogP contribution is -1.90. The van der Waals surface area contributed by atoms with Gasteiger partial charge in [-0.25, -0.2) is 0 Å². The van der Waals surface area contributed by atoms with E-state index in [0.717, 1.165) is 11.1 Å². The monoisotopic (exact) mass is 694 g/mol. The molecule has 0 atom stereocenters. The van der Waals surface area contributed by atoms with Crippen LogP contribution in [0.15, 0.2) is 170 Å². The summed E-state index contributed by atoms with van der Waals surface area (Å²) < 4.78 is 0. The first-order valence-corrected chi connectivity index (χ1v) is 18.7. The third kappa shape index (κ3) is 9.10. The zero-order valence-corrected chi connectivity index (χ0v) is 31.6. The van der Waals surface area contributed by atoms with Crippen LogP contribution in [0, 0.1) is 27.7 Å². The fraction of sp³-hybridized carbons (Fsp3) is 0.0741. The Morgan fingerprint density at radius 2 is 0.537 bits per heavy atom. The highest BCUT2D eigenvalue weighted by Gasteiger charge is 2.09. The SMILES string of the molecule is Cc1ccc(C(=Cc2ccccc2C=Cc2ccc(C=Cc3ccccc3C=C(c3ccc(C)cc3)c3ccc(C)cc3)cc2)c2ccc(C)cc2)cc1. The van der Waals surface area contributed by atoms with Gasteiger partial charge in [0.05, 0.1) is 0 Å². The van der Waals surface area contributed by atoms with Gasteiger partial charge in [0.1, 0.15) is 0 Å². The normalized spacial score (nSPS) is 11.2. The molecule has 0 amide bonds. The second-order valence-corrected chi connectivity index (χ2v) is 14.2. The quantitative estimate of drug-likeness (QED) is 0.125. The van der Waals surface area contributed by atoms with Gasteiger partial charge < -0.3 is 0 Å². The maximum absolute atomic E-state index is 2.32. The van der Waals surface area contributed by atoms with Crippen molar-refractivity contribution in [3.8, 4) is 0 Å². The molecule has 7 rings (SSSR count). The summed E-state index contributed by atoms with van der Waals surface area (Å²) in [6.45, 7) is 8.54. The molecule has 0 spiro atoms. The van der Waals surface area contributed by atoms with E-state index in [2.05, 4.69) is 234 Å². The van der Waals surface area contributed by atoms with Crippen LogP contribution in [-0.2, 0) is 0 Å². The largest absolute Gasteiger partial charge is 0.0616 e. The van der Waals surface area contributed by atoms with Gasteiger partial charge >= 0.3 is 0 Å². The molecular formula is C54H46. The van der Waals surface area contributed by atoms with E-state index < -0.39 is 0 Å². The van der Waals surface area contributed by atoms with Gasteiger partial charge in [-0.15, -0.1) is 0 Å². The molecule has 0 saturated heterocycles. The van der Waals surface area contributed by atoms with Crippen LogP contribution >= 0.6 is 0 Å². The summed E-state index contributed by atoms with van der Waals surface area (Å²) in [4.78, 5) is 0. The van der Waals surface area contributed by atoms with E-state index in [9.17, 15) is 0 Å². The molecule has 0 bridgehead atoms. The van der Waals surface area contributed by atoms with Crippen LogP contribution in [-0.4, -0.2) is 0 Å². The van der Waals surface area contributed by atoms with Crippen molar-refractivity contribution in [2.24, 2.45) is 0 Å². The third-order valence-corrected chi connectivity index (χ3v) is 9.89. The molecule has 0 saturated carbocycles. The first kappa shape index (κ1) is 35.9. The number of hydrogen-bond acceptors (Lipinski definition) is 0. The minimum absolute atomic E-state index is 1.16. The minimum Gasteiger partial charge on any atom is -0.0616 e. The summed E-state index contributed by atoms with van der Waals surface area (Å²) in [7, 11) is 0. The van der Waals surface area contributed by atoms with E-state index in [0.29, 0.717) is 0 Å². The average Bonchev–Trinajstić information content (AvgIpc) is 3.20. The van der Waals surface area contributed by atoms with E-state index in [1.165, 1.54) is 77.9 Å². The molecule has 262 valence electrons. The summed E-state index contributed by atoms with van der Waals surface area (Å²) in [6.07, 6.45) is 13.5. The predicted molar refractivity (Wildman–Crippen MR) is 236 cm³/mol. The Morgan fingerprint density at radius 3 is 0.815 bits per heavy atom. The lowest BCUT2D eigenvalue weighted by molar-refractivity contribution is 1.43. The first-order chi connectivity index (χ1) is 26.4. The Bertz CT molecular complexity index is 2170. The number of rotatable bonds is 10. The number of aryl methyl sites for hydroxylation is 4. The Morgan fingerprint density at radius 1 is 0.278 bits per heavy atom. The van der Waals surface area contributed by atoms with Crippen molar-refractivity contribution in [3.63, 3.8) is 0 Å². The van der Waals surface area contributed by atoms with Crippen molar-refractivity contribution < 1.29 is 0 Å². The molecule has 54 heavy (non-hydrogen) atoms. The van der Waals surface area contributed by atoms with Crippen LogP contribution in [0.25, 0.3) is 47.6 Å². The summed E-state index contributed by atoms with van der Waals surface area (Å²) >= 11 is 0. The molecule has 0 heteroatoms. The Kier molecular flexibility index (Phi) is 11.2. The second kappa shape index (κ2) is 16.9. The number of benzene rings is 7. The van der Waals surface area contributed by atoms with Gasteiger partial charge in [0.15, 0.2) is 0 Å². The average molecular weight is 695 g/mol. The molecule has 0 unspecified atom stereocenters. The van der Waals surface area contributed by atoms with E-state index in [1.54, 1.807) is 0 Å². The van der Waals surface area contributed by atoms with Crippen molar-refractivity contribution in [1.82, 2.24) is 0 Å². The van der Waals surface area contributed by atoms with Crippen LogP contribution in [0.3, 0.4) is 0 Å². The van der Waals surface area contributed by atoms with Gasteiger partial charge in [0.2, 0.25) is 0 Å². The van der Waals surface area contributed by atoms with Crippen LogP contribution in [0.5, 0.6) is 0 Å². The molecule has 0 aliphatic heterocycles. The topological polar surface area (TPSA) is 0 Å². The summed E-state index contributed by atoms with van der Waals surface area (Å²) in [5.74, 6) is 0. The summed E-state index contributed by atoms with van der Waals surface area (Å²) in [5.41, 5.74) is 19.4. The third-order valence-electron chi connectivity index (χ3n) is 9.89. The van der Waals surface area contributed by atoms with Crippen molar-refractivity contribution in [2.45, 2.75) is 27.7 Å². The van der Waals surface area contributed by atoms with Crippen molar-refractivity contribution in [3.05, 3.63) is 248 Å². The van der Waals surface area contributed by atoms with E-state index >= 15 is 0 Å². The highest BCUT2D eigenvalue weighted by atomic mass is 14.1. The maximum Gasteiger partial charge on any atom is -0.0105 e. The Hall–Kier alpha value is -6.50. The molecule has 7 aromatic rings. The van der Waals surface area contributed by atoms with Crippen LogP contribution < -0.4 is 0 Å². The van der Waals surface area contributed by atoms with E-state index in [1.807, 2.05) is 0 Å². The lowest BCUT2D eigenvalue weighted by atomic mass is 9.93. The number of hydrogen-bond donors (Lipinski definition) is 0. The molecular weight excluding hydrogens is 649 g/mol. The predicted octanol–water partition coefficient (Wildman–Crippen LogP) is 14.4. The van der Waals surface area contributed by atoms with Crippen molar-refractivity contribution >= 4 is 47.6 Å². The van der Waals surface area contributed by atoms with Gasteiger partial charge in [-0.05, 0) is 107 Å². The Labute approximate surface area is 321 Å². The van der Waals surface area contributed by atoms with Crippen LogP contribution in [0.4, 0.5) is 0 Å². The molecule has 0 radical (unpaired) electrons. The molecule has 0 aliphatic rings. The van der Waals surface area contributed by atoms with Gasteiger partial charge in [-0.1, -0.05) is 216 Å². The molecule has 0 N–H and O–H groups in total. The zero-order valence-electron chi connectivity index (χ0n) is 31.6.